The van der Waals surface area contributed by atoms with Crippen LogP contribution in [0, 0.1) is 6.92 Å². The van der Waals surface area contributed by atoms with Crippen molar-refractivity contribution in [1.82, 2.24) is 0 Å². The molecule has 0 aromatic heterocycles. The second-order valence-electron chi connectivity index (χ2n) is 5.68. The Morgan fingerprint density at radius 3 is 2.37 bits per heavy atom. The molecule has 2 aromatic rings. The molecule has 0 atom stereocenters. The van der Waals surface area contributed by atoms with Crippen molar-refractivity contribution in [3.63, 3.8) is 0 Å². The van der Waals surface area contributed by atoms with Gasteiger partial charge in [0.05, 0.1) is 0 Å². The zero-order valence-corrected chi connectivity index (χ0v) is 11.6. The zero-order valence-electron chi connectivity index (χ0n) is 11.6. The molecule has 0 saturated heterocycles. The van der Waals surface area contributed by atoms with Crippen LogP contribution in [0.25, 0.3) is 0 Å². The molecule has 2 aromatic carbocycles. The summed E-state index contributed by atoms with van der Waals surface area (Å²) >= 11 is 0. The van der Waals surface area contributed by atoms with Gasteiger partial charge < -0.3 is 5.73 Å². The van der Waals surface area contributed by atoms with Gasteiger partial charge in [0, 0.05) is 5.69 Å². The van der Waals surface area contributed by atoms with Crippen LogP contribution in [0.5, 0.6) is 0 Å². The highest BCUT2D eigenvalue weighted by atomic mass is 14.5. The van der Waals surface area contributed by atoms with E-state index in [-0.39, 0.29) is 0 Å². The number of fused-ring (bicyclic) bond motifs is 1. The highest BCUT2D eigenvalue weighted by Crippen LogP contribution is 2.24. The van der Waals surface area contributed by atoms with Gasteiger partial charge in [0.2, 0.25) is 0 Å². The van der Waals surface area contributed by atoms with E-state index < -0.39 is 0 Å². The molecule has 3 rings (SSSR count). The maximum absolute atomic E-state index is 5.99. The van der Waals surface area contributed by atoms with Gasteiger partial charge in [-0.15, -0.1) is 0 Å². The SMILES string of the molecule is Cc1ccc(Cc2ccc3c(c2)CCCC3)cc1N. The van der Waals surface area contributed by atoms with Crippen LogP contribution in [0.4, 0.5) is 5.69 Å². The normalized spacial score (nSPS) is 14.2. The topological polar surface area (TPSA) is 26.0 Å². The fourth-order valence-corrected chi connectivity index (χ4v) is 2.93. The monoisotopic (exact) mass is 251 g/mol. The second kappa shape index (κ2) is 5.08. The molecule has 98 valence electrons. The molecular weight excluding hydrogens is 230 g/mol. The van der Waals surface area contributed by atoms with E-state index in [1.165, 1.54) is 36.8 Å². The molecule has 1 aliphatic rings. The Morgan fingerprint density at radius 1 is 0.895 bits per heavy atom. The first kappa shape index (κ1) is 12.3. The van der Waals surface area contributed by atoms with Gasteiger partial charge in [-0.25, -0.2) is 0 Å². The standard InChI is InChI=1S/C18H21N/c1-13-6-7-15(12-18(13)19)10-14-8-9-16-4-2-3-5-17(16)11-14/h6-9,11-12H,2-5,10,19H2,1H3. The summed E-state index contributed by atoms with van der Waals surface area (Å²) in [6, 6.07) is 13.4. The van der Waals surface area contributed by atoms with Crippen LogP contribution in [-0.2, 0) is 19.3 Å². The predicted octanol–water partition coefficient (Wildman–Crippen LogP) is 4.05. The van der Waals surface area contributed by atoms with Crippen LogP contribution in [-0.4, -0.2) is 0 Å². The molecule has 2 N–H and O–H groups in total. The number of anilines is 1. The van der Waals surface area contributed by atoms with Crippen molar-refractivity contribution >= 4 is 5.69 Å². The van der Waals surface area contributed by atoms with Crippen molar-refractivity contribution in [1.29, 1.82) is 0 Å². The van der Waals surface area contributed by atoms with E-state index in [9.17, 15) is 0 Å². The third-order valence-corrected chi connectivity index (χ3v) is 4.16. The second-order valence-corrected chi connectivity index (χ2v) is 5.68. The van der Waals surface area contributed by atoms with Gasteiger partial charge in [-0.3, -0.25) is 0 Å². The number of hydrogen-bond donors (Lipinski definition) is 1. The first-order chi connectivity index (χ1) is 9.22. The molecule has 1 aliphatic carbocycles. The number of rotatable bonds is 2. The Morgan fingerprint density at radius 2 is 1.58 bits per heavy atom. The average molecular weight is 251 g/mol. The van der Waals surface area contributed by atoms with Gasteiger partial charge >= 0.3 is 0 Å². The lowest BCUT2D eigenvalue weighted by Gasteiger charge is -2.16. The molecule has 0 fully saturated rings. The molecule has 0 amide bonds. The van der Waals surface area contributed by atoms with Crippen molar-refractivity contribution in [2.75, 3.05) is 5.73 Å². The summed E-state index contributed by atoms with van der Waals surface area (Å²) in [5.41, 5.74) is 13.9. The maximum atomic E-state index is 5.99. The maximum Gasteiger partial charge on any atom is 0.0346 e. The number of hydrogen-bond acceptors (Lipinski definition) is 1. The summed E-state index contributed by atoms with van der Waals surface area (Å²) < 4.78 is 0. The van der Waals surface area contributed by atoms with Crippen molar-refractivity contribution in [2.45, 2.75) is 39.0 Å². The van der Waals surface area contributed by atoms with Gasteiger partial charge in [-0.1, -0.05) is 30.3 Å². The van der Waals surface area contributed by atoms with Crippen LogP contribution in [0.15, 0.2) is 36.4 Å². The molecule has 0 aliphatic heterocycles. The van der Waals surface area contributed by atoms with Gasteiger partial charge in [0.15, 0.2) is 0 Å². The van der Waals surface area contributed by atoms with Crippen LogP contribution in [0.3, 0.4) is 0 Å². The summed E-state index contributed by atoms with van der Waals surface area (Å²) in [5.74, 6) is 0. The number of nitrogens with two attached hydrogens (primary N) is 1. The van der Waals surface area contributed by atoms with E-state index in [4.69, 9.17) is 5.73 Å². The summed E-state index contributed by atoms with van der Waals surface area (Å²) in [7, 11) is 0. The van der Waals surface area contributed by atoms with Crippen LogP contribution >= 0.6 is 0 Å². The molecule has 19 heavy (non-hydrogen) atoms. The van der Waals surface area contributed by atoms with E-state index in [2.05, 4.69) is 43.3 Å². The van der Waals surface area contributed by atoms with Crippen LogP contribution < -0.4 is 5.73 Å². The average Bonchev–Trinajstić information content (AvgIpc) is 2.43. The Kier molecular flexibility index (Phi) is 3.29. The quantitative estimate of drug-likeness (QED) is 0.801. The van der Waals surface area contributed by atoms with Gasteiger partial charge in [-0.2, -0.15) is 0 Å². The smallest absolute Gasteiger partial charge is 0.0346 e. The fourth-order valence-electron chi connectivity index (χ4n) is 2.93. The largest absolute Gasteiger partial charge is 0.399 e. The summed E-state index contributed by atoms with van der Waals surface area (Å²) in [6.07, 6.45) is 6.18. The lowest BCUT2D eigenvalue weighted by molar-refractivity contribution is 0.684. The van der Waals surface area contributed by atoms with Crippen molar-refractivity contribution in [3.8, 4) is 0 Å². The minimum atomic E-state index is 0.899. The zero-order chi connectivity index (χ0) is 13.2. The number of aryl methyl sites for hydroxylation is 3. The summed E-state index contributed by atoms with van der Waals surface area (Å²) in [4.78, 5) is 0. The van der Waals surface area contributed by atoms with Crippen molar-refractivity contribution in [2.24, 2.45) is 0 Å². The molecule has 1 nitrogen and oxygen atoms in total. The Balaban J connectivity index is 1.84. The highest BCUT2D eigenvalue weighted by molar-refractivity contribution is 5.49. The Hall–Kier alpha value is -1.76. The molecule has 1 heteroatoms. The fraction of sp³-hybridized carbons (Fsp3) is 0.333. The van der Waals surface area contributed by atoms with E-state index in [1.807, 2.05) is 0 Å². The molecule has 0 spiro atoms. The lowest BCUT2D eigenvalue weighted by atomic mass is 9.89. The first-order valence-corrected chi connectivity index (χ1v) is 7.18. The molecule has 0 radical (unpaired) electrons. The number of nitrogen functional groups attached to an aromatic ring is 1. The predicted molar refractivity (Wildman–Crippen MR) is 81.5 cm³/mol. The number of benzene rings is 2. The Labute approximate surface area is 115 Å². The first-order valence-electron chi connectivity index (χ1n) is 7.18. The molecule has 0 saturated carbocycles. The summed E-state index contributed by atoms with van der Waals surface area (Å²) in [5, 5.41) is 0. The molecule has 0 heterocycles. The third-order valence-electron chi connectivity index (χ3n) is 4.16. The Bertz CT molecular complexity index is 599. The van der Waals surface area contributed by atoms with E-state index >= 15 is 0 Å². The highest BCUT2D eigenvalue weighted by Gasteiger charge is 2.09. The van der Waals surface area contributed by atoms with Gasteiger partial charge in [-0.05, 0) is 72.9 Å². The van der Waals surface area contributed by atoms with E-state index in [0.717, 1.165) is 17.7 Å². The third kappa shape index (κ3) is 2.65. The van der Waals surface area contributed by atoms with Crippen molar-refractivity contribution < 1.29 is 0 Å². The minimum absolute atomic E-state index is 0.899. The molecule has 0 bridgehead atoms. The lowest BCUT2D eigenvalue weighted by Crippen LogP contribution is -2.03. The molecular formula is C18H21N. The molecule has 0 unspecified atom stereocenters. The minimum Gasteiger partial charge on any atom is -0.399 e. The van der Waals surface area contributed by atoms with Crippen LogP contribution in [0.1, 0.15) is 40.7 Å². The van der Waals surface area contributed by atoms with E-state index in [1.54, 1.807) is 11.1 Å². The van der Waals surface area contributed by atoms with E-state index in [0.29, 0.717) is 0 Å². The summed E-state index contributed by atoms with van der Waals surface area (Å²) in [6.45, 7) is 2.05. The van der Waals surface area contributed by atoms with Crippen molar-refractivity contribution in [3.05, 3.63) is 64.2 Å². The van der Waals surface area contributed by atoms with Gasteiger partial charge in [0.25, 0.3) is 0 Å². The van der Waals surface area contributed by atoms with Gasteiger partial charge in [0.1, 0.15) is 0 Å². The van der Waals surface area contributed by atoms with Crippen LogP contribution in [0.2, 0.25) is 0 Å².